The molecule has 0 spiro atoms. The van der Waals surface area contributed by atoms with Gasteiger partial charge in [0.2, 0.25) is 10.9 Å². The number of oxime groups is 1. The highest BCUT2D eigenvalue weighted by Crippen LogP contribution is 2.41. The summed E-state index contributed by atoms with van der Waals surface area (Å²) in [5, 5.41) is 29.0. The summed E-state index contributed by atoms with van der Waals surface area (Å²) in [6.07, 6.45) is 0. The van der Waals surface area contributed by atoms with E-state index < -0.39 is 29.2 Å². The van der Waals surface area contributed by atoms with Crippen LogP contribution in [0.1, 0.15) is 0 Å². The quantitative estimate of drug-likeness (QED) is 0.201. The number of β-lactam (4-membered cyclic amide) rings is 1. The van der Waals surface area contributed by atoms with Gasteiger partial charge in [-0.15, -0.1) is 28.6 Å². The Morgan fingerprint density at radius 2 is 2.30 bits per heavy atom. The van der Waals surface area contributed by atoms with Crippen LogP contribution < -0.4 is 5.32 Å². The molecule has 3 aliphatic rings. The van der Waals surface area contributed by atoms with Gasteiger partial charge in [-0.1, -0.05) is 16.9 Å². The van der Waals surface area contributed by atoms with Crippen molar-refractivity contribution in [2.45, 2.75) is 16.6 Å². The van der Waals surface area contributed by atoms with Gasteiger partial charge in [0.05, 0.1) is 6.61 Å². The number of carbonyl (C=O) groups excluding carboxylic acids is 2. The first kappa shape index (κ1) is 23.4. The third kappa shape index (κ3) is 4.67. The Labute approximate surface area is 200 Å². The Morgan fingerprint density at radius 3 is 2.94 bits per heavy atom. The maximum absolute atomic E-state index is 12.9. The number of aromatic nitrogens is 4. The lowest BCUT2D eigenvalue weighted by Crippen LogP contribution is -2.71. The lowest BCUT2D eigenvalue weighted by atomic mass is 10.0. The largest absolute Gasteiger partial charge is 0.490 e. The highest BCUT2D eigenvalue weighted by Gasteiger charge is 2.54. The zero-order chi connectivity index (χ0) is 23.5. The van der Waals surface area contributed by atoms with Gasteiger partial charge in [0.1, 0.15) is 24.2 Å². The van der Waals surface area contributed by atoms with Gasteiger partial charge in [-0.05, 0) is 16.0 Å². The van der Waals surface area contributed by atoms with Gasteiger partial charge in [0, 0.05) is 29.7 Å². The molecule has 3 aliphatic heterocycles. The van der Waals surface area contributed by atoms with Crippen molar-refractivity contribution in [3.8, 4) is 0 Å². The van der Waals surface area contributed by atoms with Crippen LogP contribution in [-0.4, -0.2) is 96.1 Å². The Bertz CT molecular complexity index is 1070. The topological polar surface area (TPSA) is 161 Å². The summed E-state index contributed by atoms with van der Waals surface area (Å²) in [6.45, 7) is 0.416. The van der Waals surface area contributed by atoms with Crippen molar-refractivity contribution in [3.63, 3.8) is 0 Å². The number of thioether (sulfide) groups is 3. The number of amides is 2. The summed E-state index contributed by atoms with van der Waals surface area (Å²) in [7, 11) is 2.98. The number of rotatable bonds is 8. The van der Waals surface area contributed by atoms with Gasteiger partial charge in [-0.3, -0.25) is 14.5 Å². The minimum Gasteiger partial charge on any atom is -0.490 e. The fourth-order valence-corrected chi connectivity index (χ4v) is 6.24. The second kappa shape index (κ2) is 10.0. The van der Waals surface area contributed by atoms with Crippen LogP contribution in [0.3, 0.4) is 0 Å². The van der Waals surface area contributed by atoms with Crippen LogP contribution in [-0.2, 0) is 31.0 Å². The molecule has 13 nitrogen and oxygen atoms in total. The fourth-order valence-electron chi connectivity index (χ4n) is 3.28. The van der Waals surface area contributed by atoms with Crippen LogP contribution in [0, 0.1) is 0 Å². The van der Waals surface area contributed by atoms with Crippen molar-refractivity contribution in [3.05, 3.63) is 22.4 Å². The lowest BCUT2D eigenvalue weighted by molar-refractivity contribution is -0.150. The standard InChI is InChI=1S/C17H19N7O6S3/c1-23-17(19-21-22-23)33-6-8-5-32-15-11(14(26)24(15)12(8)16(27)28)18-13(25)10(20-29-2)9-7-31-4-3-30-9/h7,11,15H,3-6H2,1-2H3,(H,18,25)(H,27,28)/b20-10-/t11?,15-/m1/s1. The molecule has 0 aromatic carbocycles. The smallest absolute Gasteiger partial charge is 0.352 e. The zero-order valence-electron chi connectivity index (χ0n) is 17.5. The summed E-state index contributed by atoms with van der Waals surface area (Å²) in [4.78, 5) is 43.7. The van der Waals surface area contributed by atoms with Gasteiger partial charge in [-0.2, -0.15) is 0 Å². The molecule has 0 radical (unpaired) electrons. The zero-order valence-corrected chi connectivity index (χ0v) is 19.9. The van der Waals surface area contributed by atoms with Gasteiger partial charge < -0.3 is 20.0 Å². The van der Waals surface area contributed by atoms with E-state index >= 15 is 0 Å². The van der Waals surface area contributed by atoms with E-state index in [-0.39, 0.29) is 17.2 Å². The van der Waals surface area contributed by atoms with Crippen LogP contribution in [0.5, 0.6) is 0 Å². The number of nitrogens with zero attached hydrogens (tertiary/aromatic N) is 6. The number of ether oxygens (including phenoxy) is 1. The number of carboxylic acids is 1. The molecule has 0 saturated carbocycles. The van der Waals surface area contributed by atoms with E-state index in [0.717, 1.165) is 5.75 Å². The molecule has 1 unspecified atom stereocenters. The first-order valence-electron chi connectivity index (χ1n) is 9.54. The third-order valence-electron chi connectivity index (χ3n) is 4.77. The first-order valence-corrected chi connectivity index (χ1v) is 12.6. The average Bonchev–Trinajstić information content (AvgIpc) is 3.23. The second-order valence-electron chi connectivity index (χ2n) is 6.82. The molecular formula is C17H19N7O6S3. The Balaban J connectivity index is 1.48. The Hall–Kier alpha value is -2.72. The maximum Gasteiger partial charge on any atom is 0.352 e. The fraction of sp³-hybridized carbons (Fsp3) is 0.471. The minimum atomic E-state index is -1.20. The van der Waals surface area contributed by atoms with E-state index in [1.54, 1.807) is 12.5 Å². The maximum atomic E-state index is 12.9. The van der Waals surface area contributed by atoms with Crippen molar-refractivity contribution in [1.82, 2.24) is 30.4 Å². The summed E-state index contributed by atoms with van der Waals surface area (Å²) in [6, 6.07) is -0.895. The molecule has 1 aromatic rings. The first-order chi connectivity index (χ1) is 15.9. The van der Waals surface area contributed by atoms with E-state index in [0.29, 0.717) is 28.8 Å². The summed E-state index contributed by atoms with van der Waals surface area (Å²) in [5.41, 5.74) is 0.423. The monoisotopic (exact) mass is 513 g/mol. The predicted molar refractivity (Wildman–Crippen MR) is 120 cm³/mol. The van der Waals surface area contributed by atoms with E-state index in [4.69, 9.17) is 9.57 Å². The number of hydrogen-bond donors (Lipinski definition) is 2. The second-order valence-corrected chi connectivity index (χ2v) is 9.84. The summed E-state index contributed by atoms with van der Waals surface area (Å²) < 4.78 is 6.95. The molecule has 2 amide bonds. The number of aliphatic carboxylic acids is 1. The summed E-state index contributed by atoms with van der Waals surface area (Å²) >= 11 is 4.12. The van der Waals surface area contributed by atoms with Crippen LogP contribution in [0.4, 0.5) is 0 Å². The highest BCUT2D eigenvalue weighted by atomic mass is 32.2. The van der Waals surface area contributed by atoms with Gasteiger partial charge in [-0.25, -0.2) is 9.48 Å². The number of hydrogen-bond acceptors (Lipinski definition) is 12. The molecule has 1 fully saturated rings. The summed E-state index contributed by atoms with van der Waals surface area (Å²) in [5.74, 6) is -0.655. The molecule has 33 heavy (non-hydrogen) atoms. The van der Waals surface area contributed by atoms with E-state index in [1.807, 2.05) is 0 Å². The Morgan fingerprint density at radius 1 is 1.48 bits per heavy atom. The van der Waals surface area contributed by atoms with Crippen LogP contribution in [0.2, 0.25) is 0 Å². The molecule has 0 bridgehead atoms. The highest BCUT2D eigenvalue weighted by molar-refractivity contribution is 8.02. The molecular weight excluding hydrogens is 494 g/mol. The van der Waals surface area contributed by atoms with Crippen LogP contribution in [0.25, 0.3) is 0 Å². The normalized spacial score (nSPS) is 22.7. The number of carbonyl (C=O) groups is 3. The van der Waals surface area contributed by atoms with E-state index in [1.165, 1.54) is 52.0 Å². The van der Waals surface area contributed by atoms with E-state index in [9.17, 15) is 19.5 Å². The minimum absolute atomic E-state index is 0.0719. The number of aryl methyl sites for hydroxylation is 1. The molecule has 1 saturated heterocycles. The molecule has 16 heteroatoms. The van der Waals surface area contributed by atoms with Crippen molar-refractivity contribution in [2.75, 3.05) is 31.0 Å². The van der Waals surface area contributed by atoms with E-state index in [2.05, 4.69) is 26.0 Å². The van der Waals surface area contributed by atoms with Crippen LogP contribution in [0.15, 0.2) is 32.7 Å². The molecule has 4 heterocycles. The SMILES string of the molecule is CO/N=C(\C(=O)NC1C(=O)N2C(C(=O)O)=C(CSc3nnnn3C)CS[C@H]12)C1=CSCCO1. The van der Waals surface area contributed by atoms with Crippen molar-refractivity contribution >= 4 is 58.8 Å². The molecule has 0 aliphatic carbocycles. The van der Waals surface area contributed by atoms with Gasteiger partial charge in [0.25, 0.3) is 11.8 Å². The predicted octanol–water partition coefficient (Wildman–Crippen LogP) is -0.352. The number of carboxylic acid groups (broad SMARTS) is 1. The molecule has 176 valence electrons. The van der Waals surface area contributed by atoms with Crippen LogP contribution >= 0.6 is 35.3 Å². The van der Waals surface area contributed by atoms with Crippen molar-refractivity contribution in [2.24, 2.45) is 12.2 Å². The molecule has 2 atom stereocenters. The average molecular weight is 514 g/mol. The number of fused-ring (bicyclic) bond motifs is 1. The van der Waals surface area contributed by atoms with Gasteiger partial charge >= 0.3 is 5.97 Å². The van der Waals surface area contributed by atoms with Crippen molar-refractivity contribution in [1.29, 1.82) is 0 Å². The molecule has 2 N–H and O–H groups in total. The Kier molecular flexibility index (Phi) is 7.14. The van der Waals surface area contributed by atoms with Crippen molar-refractivity contribution < 1.29 is 29.1 Å². The lowest BCUT2D eigenvalue weighted by Gasteiger charge is -2.49. The third-order valence-corrected chi connectivity index (χ3v) is 7.99. The number of tetrazole rings is 1. The van der Waals surface area contributed by atoms with Gasteiger partial charge in [0.15, 0.2) is 5.76 Å². The molecule has 1 aromatic heterocycles. The molecule has 4 rings (SSSR count). The number of nitrogens with one attached hydrogen (secondary N) is 1.